The lowest BCUT2D eigenvalue weighted by Crippen LogP contribution is -1.86. The Morgan fingerprint density at radius 1 is 0.214 bits per heavy atom. The molecule has 0 radical (unpaired) electrons. The van der Waals surface area contributed by atoms with Crippen molar-refractivity contribution >= 4 is 11.9 Å². The van der Waals surface area contributed by atoms with E-state index in [0.717, 1.165) is 25.7 Å². The van der Waals surface area contributed by atoms with Crippen molar-refractivity contribution in [2.45, 2.75) is 295 Å². The van der Waals surface area contributed by atoms with Crippen LogP contribution in [0.3, 0.4) is 0 Å². The third kappa shape index (κ3) is 52.4. The predicted octanol–water partition coefficient (Wildman–Crippen LogP) is 18.2. The fraction of sp³-hybridized carbons (Fsp3) is 0.885. The summed E-state index contributed by atoms with van der Waals surface area (Å²) in [7, 11) is 0. The summed E-state index contributed by atoms with van der Waals surface area (Å²) in [5.41, 5.74) is 0. The number of carboxylic acid groups (broad SMARTS) is 2. The molecular formula is C52H98O4. The molecule has 0 aliphatic carbocycles. The van der Waals surface area contributed by atoms with Gasteiger partial charge in [0.1, 0.15) is 0 Å². The van der Waals surface area contributed by atoms with Crippen LogP contribution in [0.5, 0.6) is 0 Å². The van der Waals surface area contributed by atoms with Gasteiger partial charge < -0.3 is 10.2 Å². The molecule has 0 aliphatic rings. The summed E-state index contributed by atoms with van der Waals surface area (Å²) in [6.45, 7) is 0. The smallest absolute Gasteiger partial charge is 0.327 e. The van der Waals surface area contributed by atoms with E-state index in [2.05, 4.69) is 0 Å². The number of rotatable bonds is 49. The highest BCUT2D eigenvalue weighted by molar-refractivity contribution is 5.79. The molecule has 0 aromatic heterocycles. The van der Waals surface area contributed by atoms with Gasteiger partial charge in [0, 0.05) is 12.2 Å². The molecule has 0 amide bonds. The van der Waals surface area contributed by atoms with E-state index in [4.69, 9.17) is 10.2 Å². The maximum Gasteiger partial charge on any atom is 0.327 e. The quantitative estimate of drug-likeness (QED) is 0.0476. The van der Waals surface area contributed by atoms with Gasteiger partial charge in [-0.25, -0.2) is 9.59 Å². The van der Waals surface area contributed by atoms with Crippen molar-refractivity contribution in [2.75, 3.05) is 0 Å². The Balaban J connectivity index is 3.08. The van der Waals surface area contributed by atoms with Crippen LogP contribution in [-0.2, 0) is 9.59 Å². The Kier molecular flexibility index (Phi) is 48.2. The molecule has 0 spiro atoms. The fourth-order valence-corrected chi connectivity index (χ4v) is 8.32. The van der Waals surface area contributed by atoms with Crippen LogP contribution >= 0.6 is 0 Å². The second kappa shape index (κ2) is 49.6. The summed E-state index contributed by atoms with van der Waals surface area (Å²) in [5, 5.41) is 17.2. The van der Waals surface area contributed by atoms with E-state index in [9.17, 15) is 9.59 Å². The topological polar surface area (TPSA) is 74.6 Å². The minimum Gasteiger partial charge on any atom is -0.478 e. The molecule has 4 nitrogen and oxygen atoms in total. The lowest BCUT2D eigenvalue weighted by Gasteiger charge is -2.05. The third-order valence-electron chi connectivity index (χ3n) is 12.0. The molecule has 0 heterocycles. The first-order valence-electron chi connectivity index (χ1n) is 25.4. The highest BCUT2D eigenvalue weighted by atomic mass is 16.4. The molecule has 0 rings (SSSR count). The summed E-state index contributed by atoms with van der Waals surface area (Å²) >= 11 is 0. The molecular weight excluding hydrogens is 689 g/mol. The Morgan fingerprint density at radius 3 is 0.429 bits per heavy atom. The van der Waals surface area contributed by atoms with Gasteiger partial charge in [-0.2, -0.15) is 0 Å². The first kappa shape index (κ1) is 54.4. The van der Waals surface area contributed by atoms with Crippen molar-refractivity contribution in [2.24, 2.45) is 0 Å². The molecule has 330 valence electrons. The van der Waals surface area contributed by atoms with Gasteiger partial charge in [0.15, 0.2) is 0 Å². The second-order valence-electron chi connectivity index (χ2n) is 17.6. The Morgan fingerprint density at radius 2 is 0.321 bits per heavy atom. The van der Waals surface area contributed by atoms with Crippen molar-refractivity contribution in [3.8, 4) is 0 Å². The zero-order chi connectivity index (χ0) is 40.5. The molecule has 0 saturated carbocycles. The van der Waals surface area contributed by atoms with Crippen molar-refractivity contribution in [3.63, 3.8) is 0 Å². The molecule has 0 aromatic rings. The zero-order valence-electron chi connectivity index (χ0n) is 37.5. The monoisotopic (exact) mass is 787 g/mol. The zero-order valence-corrected chi connectivity index (χ0v) is 37.5. The third-order valence-corrected chi connectivity index (χ3v) is 12.0. The molecule has 56 heavy (non-hydrogen) atoms. The molecule has 0 fully saturated rings. The molecule has 0 atom stereocenters. The summed E-state index contributed by atoms with van der Waals surface area (Å²) in [6.07, 6.45) is 70.0. The van der Waals surface area contributed by atoms with Crippen LogP contribution in [0.1, 0.15) is 295 Å². The molecule has 0 unspecified atom stereocenters. The number of aliphatic carboxylic acids is 2. The van der Waals surface area contributed by atoms with Gasteiger partial charge in [-0.3, -0.25) is 0 Å². The average molecular weight is 787 g/mol. The van der Waals surface area contributed by atoms with Gasteiger partial charge in [0.2, 0.25) is 0 Å². The number of allylic oxidation sites excluding steroid dienone is 2. The minimum absolute atomic E-state index is 0.830. The Hall–Kier alpha value is -1.58. The highest BCUT2D eigenvalue weighted by Gasteiger charge is 1.99. The van der Waals surface area contributed by atoms with E-state index in [1.54, 1.807) is 12.2 Å². The normalized spacial score (nSPS) is 11.8. The van der Waals surface area contributed by atoms with E-state index in [1.165, 1.54) is 282 Å². The Labute approximate surface area is 350 Å². The van der Waals surface area contributed by atoms with Crippen LogP contribution in [0.25, 0.3) is 0 Å². The maximum absolute atomic E-state index is 10.4. The fourth-order valence-electron chi connectivity index (χ4n) is 8.32. The van der Waals surface area contributed by atoms with Gasteiger partial charge in [-0.1, -0.05) is 282 Å². The van der Waals surface area contributed by atoms with E-state index < -0.39 is 11.9 Å². The lowest BCUT2D eigenvalue weighted by atomic mass is 10.0. The molecule has 4 heteroatoms. The van der Waals surface area contributed by atoms with Crippen molar-refractivity contribution in [1.29, 1.82) is 0 Å². The van der Waals surface area contributed by atoms with Crippen molar-refractivity contribution < 1.29 is 19.8 Å². The predicted molar refractivity (Wildman–Crippen MR) is 246 cm³/mol. The number of hydrogen-bond acceptors (Lipinski definition) is 2. The minimum atomic E-state index is -0.830. The summed E-state index contributed by atoms with van der Waals surface area (Å²) < 4.78 is 0. The van der Waals surface area contributed by atoms with E-state index >= 15 is 0 Å². The van der Waals surface area contributed by atoms with Crippen LogP contribution in [-0.4, -0.2) is 22.2 Å². The van der Waals surface area contributed by atoms with Crippen molar-refractivity contribution in [1.82, 2.24) is 0 Å². The van der Waals surface area contributed by atoms with Gasteiger partial charge in [-0.05, 0) is 25.7 Å². The number of hydrogen-bond donors (Lipinski definition) is 2. The van der Waals surface area contributed by atoms with Gasteiger partial charge in [0.05, 0.1) is 0 Å². The van der Waals surface area contributed by atoms with Crippen LogP contribution in [0, 0.1) is 0 Å². The molecule has 0 aromatic carbocycles. The van der Waals surface area contributed by atoms with Gasteiger partial charge >= 0.3 is 11.9 Å². The van der Waals surface area contributed by atoms with Crippen LogP contribution < -0.4 is 0 Å². The first-order valence-corrected chi connectivity index (χ1v) is 25.4. The highest BCUT2D eigenvalue weighted by Crippen LogP contribution is 2.18. The molecule has 0 bridgehead atoms. The van der Waals surface area contributed by atoms with E-state index in [-0.39, 0.29) is 0 Å². The van der Waals surface area contributed by atoms with Crippen molar-refractivity contribution in [3.05, 3.63) is 24.3 Å². The maximum atomic E-state index is 10.4. The van der Waals surface area contributed by atoms with Crippen LogP contribution in [0.4, 0.5) is 0 Å². The van der Waals surface area contributed by atoms with Crippen LogP contribution in [0.15, 0.2) is 24.3 Å². The summed E-state index contributed by atoms with van der Waals surface area (Å²) in [6, 6.07) is 0. The largest absolute Gasteiger partial charge is 0.478 e. The molecule has 0 aliphatic heterocycles. The lowest BCUT2D eigenvalue weighted by molar-refractivity contribution is -0.132. The van der Waals surface area contributed by atoms with Gasteiger partial charge in [-0.15, -0.1) is 0 Å². The Bertz CT molecular complexity index is 765. The molecule has 0 saturated heterocycles. The van der Waals surface area contributed by atoms with E-state index in [1.807, 2.05) is 0 Å². The first-order chi connectivity index (χ1) is 27.6. The number of carboxylic acids is 2. The number of carbonyl (C=O) groups is 2. The van der Waals surface area contributed by atoms with Crippen LogP contribution in [0.2, 0.25) is 0 Å². The van der Waals surface area contributed by atoms with E-state index in [0.29, 0.717) is 0 Å². The number of unbranched alkanes of at least 4 members (excludes halogenated alkanes) is 45. The van der Waals surface area contributed by atoms with Gasteiger partial charge in [0.25, 0.3) is 0 Å². The second-order valence-corrected chi connectivity index (χ2v) is 17.6. The average Bonchev–Trinajstić information content (AvgIpc) is 3.18. The summed E-state index contributed by atoms with van der Waals surface area (Å²) in [4.78, 5) is 20.9. The SMILES string of the molecule is O=C(O)C=CCCCCCCCCCCCCCCCCCCCCCCCCCCCCCCCCCCCCCCCCCCCCCCC=CC(=O)O. The summed E-state index contributed by atoms with van der Waals surface area (Å²) in [5.74, 6) is -1.66. The standard InChI is InChI=1S/C52H98O4/c53-51(54)49-47-45-43-41-39-37-35-33-31-29-27-25-23-21-19-17-15-13-11-9-7-5-3-1-2-4-6-8-10-12-14-16-18-20-22-24-26-28-30-32-34-36-38-40-42-44-46-48-50-52(55)56/h47-50H,1-46H2,(H,53,54)(H,55,56). The molecule has 2 N–H and O–H groups in total.